The molecule has 0 aromatic carbocycles. The molecule has 6 nitrogen and oxygen atoms in total. The number of aryl methyl sites for hydroxylation is 2. The summed E-state index contributed by atoms with van der Waals surface area (Å²) in [6.45, 7) is 2.82. The number of nitrogens with zero attached hydrogens (tertiary/aromatic N) is 5. The van der Waals surface area contributed by atoms with Crippen molar-refractivity contribution in [2.75, 3.05) is 11.9 Å². The second-order valence-electron chi connectivity index (χ2n) is 4.52. The molecule has 0 aliphatic carbocycles. The van der Waals surface area contributed by atoms with Crippen LogP contribution in [0.1, 0.15) is 11.3 Å². The predicted molar refractivity (Wildman–Crippen MR) is 73.1 cm³/mol. The molecular weight excluding hydrogens is 240 g/mol. The Bertz CT molecular complexity index is 696. The van der Waals surface area contributed by atoms with Crippen LogP contribution in [0.15, 0.2) is 30.6 Å². The average molecular weight is 256 g/mol. The van der Waals surface area contributed by atoms with Crippen molar-refractivity contribution in [2.24, 2.45) is 7.05 Å². The lowest BCUT2D eigenvalue weighted by atomic mass is 10.3. The first-order valence-corrected chi connectivity index (χ1v) is 6.27. The Morgan fingerprint density at radius 2 is 2.21 bits per heavy atom. The van der Waals surface area contributed by atoms with Gasteiger partial charge in [0.2, 0.25) is 5.95 Å². The molecular formula is C13H16N6. The molecule has 0 unspecified atom stereocenters. The number of hydrogen-bond acceptors (Lipinski definition) is 4. The zero-order valence-corrected chi connectivity index (χ0v) is 11.0. The topological polar surface area (TPSA) is 60.0 Å². The molecule has 0 spiro atoms. The predicted octanol–water partition coefficient (Wildman–Crippen LogP) is 1.43. The second-order valence-corrected chi connectivity index (χ2v) is 4.52. The van der Waals surface area contributed by atoms with Gasteiger partial charge in [-0.3, -0.25) is 4.68 Å². The van der Waals surface area contributed by atoms with E-state index < -0.39 is 0 Å². The second kappa shape index (κ2) is 4.72. The lowest BCUT2D eigenvalue weighted by Crippen LogP contribution is -2.09. The molecule has 0 aliphatic rings. The van der Waals surface area contributed by atoms with Crippen molar-refractivity contribution in [3.63, 3.8) is 0 Å². The van der Waals surface area contributed by atoms with Gasteiger partial charge in [-0.2, -0.15) is 10.1 Å². The molecule has 1 N–H and O–H groups in total. The van der Waals surface area contributed by atoms with Gasteiger partial charge in [-0.25, -0.2) is 4.52 Å². The minimum absolute atomic E-state index is 0.663. The van der Waals surface area contributed by atoms with E-state index in [1.807, 2.05) is 49.2 Å². The Morgan fingerprint density at radius 1 is 1.32 bits per heavy atom. The van der Waals surface area contributed by atoms with E-state index in [-0.39, 0.29) is 0 Å². The van der Waals surface area contributed by atoms with Gasteiger partial charge < -0.3 is 5.32 Å². The molecule has 0 bridgehead atoms. The van der Waals surface area contributed by atoms with Crippen molar-refractivity contribution in [1.82, 2.24) is 24.4 Å². The quantitative estimate of drug-likeness (QED) is 0.767. The zero-order chi connectivity index (χ0) is 13.2. The standard InChI is InChI=1S/C13H16N6/c1-10-4-3-9-19-12(10)16-13(17-19)14-7-5-11-6-8-15-18(11)2/h3-4,6,8-9H,5,7H2,1-2H3,(H,14,17). The first kappa shape index (κ1) is 11.7. The van der Waals surface area contributed by atoms with Gasteiger partial charge in [0, 0.05) is 38.1 Å². The Hall–Kier alpha value is -2.37. The third-order valence-electron chi connectivity index (χ3n) is 3.14. The molecule has 0 saturated carbocycles. The minimum atomic E-state index is 0.663. The minimum Gasteiger partial charge on any atom is -0.353 e. The van der Waals surface area contributed by atoms with Gasteiger partial charge in [-0.05, 0) is 24.6 Å². The third-order valence-corrected chi connectivity index (χ3v) is 3.14. The van der Waals surface area contributed by atoms with Crippen LogP contribution >= 0.6 is 0 Å². The number of rotatable bonds is 4. The van der Waals surface area contributed by atoms with Crippen molar-refractivity contribution in [1.29, 1.82) is 0 Å². The Morgan fingerprint density at radius 3 is 2.95 bits per heavy atom. The summed E-state index contributed by atoms with van der Waals surface area (Å²) in [5.41, 5.74) is 3.20. The molecule has 0 atom stereocenters. The lowest BCUT2D eigenvalue weighted by Gasteiger charge is -2.02. The molecule has 19 heavy (non-hydrogen) atoms. The van der Waals surface area contributed by atoms with E-state index in [0.29, 0.717) is 5.95 Å². The van der Waals surface area contributed by atoms with Crippen molar-refractivity contribution in [2.45, 2.75) is 13.3 Å². The molecule has 3 aromatic rings. The summed E-state index contributed by atoms with van der Waals surface area (Å²) < 4.78 is 3.67. The highest BCUT2D eigenvalue weighted by atomic mass is 15.3. The lowest BCUT2D eigenvalue weighted by molar-refractivity contribution is 0.710. The Balaban J connectivity index is 1.69. The Labute approximate surface area is 111 Å². The summed E-state index contributed by atoms with van der Waals surface area (Å²) in [6, 6.07) is 6.02. The van der Waals surface area contributed by atoms with E-state index in [0.717, 1.165) is 24.2 Å². The van der Waals surface area contributed by atoms with Gasteiger partial charge >= 0.3 is 0 Å². The Kier molecular flexibility index (Phi) is 2.91. The van der Waals surface area contributed by atoms with Gasteiger partial charge in [0.25, 0.3) is 0 Å². The number of anilines is 1. The van der Waals surface area contributed by atoms with Crippen molar-refractivity contribution < 1.29 is 0 Å². The maximum absolute atomic E-state index is 4.47. The van der Waals surface area contributed by atoms with Crippen molar-refractivity contribution in [3.8, 4) is 0 Å². The molecule has 0 saturated heterocycles. The summed E-state index contributed by atoms with van der Waals surface area (Å²) in [6.07, 6.45) is 4.61. The molecule has 0 amide bonds. The molecule has 0 fully saturated rings. The molecule has 0 radical (unpaired) electrons. The van der Waals surface area contributed by atoms with Crippen LogP contribution in [0.3, 0.4) is 0 Å². The van der Waals surface area contributed by atoms with Gasteiger partial charge in [0.1, 0.15) is 0 Å². The van der Waals surface area contributed by atoms with Crippen LogP contribution < -0.4 is 5.32 Å². The fourth-order valence-corrected chi connectivity index (χ4v) is 2.06. The highest BCUT2D eigenvalue weighted by Gasteiger charge is 2.05. The highest BCUT2D eigenvalue weighted by molar-refractivity contribution is 5.49. The van der Waals surface area contributed by atoms with Crippen LogP contribution in [0.25, 0.3) is 5.65 Å². The molecule has 0 aliphatic heterocycles. The fourth-order valence-electron chi connectivity index (χ4n) is 2.06. The van der Waals surface area contributed by atoms with Crippen LogP contribution in [0.4, 0.5) is 5.95 Å². The van der Waals surface area contributed by atoms with Crippen molar-refractivity contribution >= 4 is 11.6 Å². The smallest absolute Gasteiger partial charge is 0.243 e. The zero-order valence-electron chi connectivity index (χ0n) is 11.0. The number of pyridine rings is 1. The first-order chi connectivity index (χ1) is 9.24. The maximum Gasteiger partial charge on any atom is 0.243 e. The fraction of sp³-hybridized carbons (Fsp3) is 0.308. The first-order valence-electron chi connectivity index (χ1n) is 6.27. The summed E-state index contributed by atoms with van der Waals surface area (Å²) in [5.74, 6) is 0.663. The van der Waals surface area contributed by atoms with Crippen LogP contribution in [0.5, 0.6) is 0 Å². The summed E-state index contributed by atoms with van der Waals surface area (Å²) in [4.78, 5) is 4.47. The molecule has 3 rings (SSSR count). The molecule has 3 heterocycles. The van der Waals surface area contributed by atoms with Gasteiger partial charge in [0.05, 0.1) is 0 Å². The molecule has 98 valence electrons. The highest BCUT2D eigenvalue weighted by Crippen LogP contribution is 2.09. The summed E-state index contributed by atoms with van der Waals surface area (Å²) in [7, 11) is 1.95. The van der Waals surface area contributed by atoms with E-state index in [1.165, 1.54) is 5.69 Å². The van der Waals surface area contributed by atoms with Crippen molar-refractivity contribution in [3.05, 3.63) is 41.9 Å². The van der Waals surface area contributed by atoms with Gasteiger partial charge in [-0.1, -0.05) is 6.07 Å². The van der Waals surface area contributed by atoms with E-state index in [4.69, 9.17) is 0 Å². The van der Waals surface area contributed by atoms with E-state index >= 15 is 0 Å². The SMILES string of the molecule is Cc1cccn2nc(NCCc3ccnn3C)nc12. The largest absolute Gasteiger partial charge is 0.353 e. The number of nitrogens with one attached hydrogen (secondary N) is 1. The summed E-state index contributed by atoms with van der Waals surface area (Å²) in [5, 5.41) is 11.8. The average Bonchev–Trinajstić information content (AvgIpc) is 2.97. The molecule has 3 aromatic heterocycles. The van der Waals surface area contributed by atoms with Crippen LogP contribution in [-0.2, 0) is 13.5 Å². The number of aromatic nitrogens is 5. The summed E-state index contributed by atoms with van der Waals surface area (Å²) >= 11 is 0. The van der Waals surface area contributed by atoms with Crippen LogP contribution in [-0.4, -0.2) is 30.9 Å². The van der Waals surface area contributed by atoms with Gasteiger partial charge in [-0.15, -0.1) is 5.10 Å². The van der Waals surface area contributed by atoms with E-state index in [9.17, 15) is 0 Å². The molecule has 6 heteroatoms. The normalized spacial score (nSPS) is 11.1. The number of hydrogen-bond donors (Lipinski definition) is 1. The van der Waals surface area contributed by atoms with E-state index in [1.54, 1.807) is 4.52 Å². The number of fused-ring (bicyclic) bond motifs is 1. The van der Waals surface area contributed by atoms with Gasteiger partial charge in [0.15, 0.2) is 5.65 Å². The van der Waals surface area contributed by atoms with Crippen LogP contribution in [0.2, 0.25) is 0 Å². The maximum atomic E-state index is 4.47. The monoisotopic (exact) mass is 256 g/mol. The van der Waals surface area contributed by atoms with Crippen LogP contribution in [0, 0.1) is 6.92 Å². The third kappa shape index (κ3) is 2.29. The van der Waals surface area contributed by atoms with E-state index in [2.05, 4.69) is 20.5 Å².